The molecule has 0 aliphatic rings. The highest BCUT2D eigenvalue weighted by atomic mass is 79.9. The number of carbonyl (C=O) groups excluding carboxylic acids is 1. The first-order valence-electron chi connectivity index (χ1n) is 5.72. The lowest BCUT2D eigenvalue weighted by Crippen LogP contribution is -2.00. The number of hydrogen-bond donors (Lipinski definition) is 1. The van der Waals surface area contributed by atoms with E-state index < -0.39 is 0 Å². The minimum absolute atomic E-state index is 0.127. The van der Waals surface area contributed by atoms with Crippen LogP contribution in [0.15, 0.2) is 29.0 Å². The van der Waals surface area contributed by atoms with Crippen molar-refractivity contribution >= 4 is 33.8 Å². The van der Waals surface area contributed by atoms with Crippen LogP contribution in [0.2, 0.25) is 5.02 Å². The summed E-state index contributed by atoms with van der Waals surface area (Å²) >= 11 is 9.39. The highest BCUT2D eigenvalue weighted by Gasteiger charge is 2.10. The zero-order valence-electron chi connectivity index (χ0n) is 10.6. The van der Waals surface area contributed by atoms with Crippen LogP contribution in [0.4, 0.5) is 0 Å². The van der Waals surface area contributed by atoms with Crippen molar-refractivity contribution < 1.29 is 14.6 Å². The smallest absolute Gasteiger partial charge is 0.153 e. The van der Waals surface area contributed by atoms with E-state index in [1.54, 1.807) is 12.4 Å². The third-order valence-electron chi connectivity index (χ3n) is 2.85. The summed E-state index contributed by atoms with van der Waals surface area (Å²) in [4.78, 5) is 14.7. The first-order valence-corrected chi connectivity index (χ1v) is 6.89. The molecule has 0 radical (unpaired) electrons. The molecular weight excluding hydrogens is 346 g/mol. The van der Waals surface area contributed by atoms with Crippen molar-refractivity contribution in [3.8, 4) is 11.5 Å². The van der Waals surface area contributed by atoms with Gasteiger partial charge in [-0.15, -0.1) is 0 Å². The lowest BCUT2D eigenvalue weighted by Gasteiger charge is -2.11. The second kappa shape index (κ2) is 6.24. The molecule has 1 aromatic carbocycles. The molecule has 2 aromatic rings. The number of phenols is 1. The third kappa shape index (κ3) is 3.11. The highest BCUT2D eigenvalue weighted by molar-refractivity contribution is 9.10. The van der Waals surface area contributed by atoms with E-state index in [1.807, 2.05) is 6.92 Å². The first kappa shape index (κ1) is 14.8. The number of carbonyl (C=O) groups is 1. The van der Waals surface area contributed by atoms with Crippen LogP contribution in [0.3, 0.4) is 0 Å². The van der Waals surface area contributed by atoms with E-state index in [-0.39, 0.29) is 22.9 Å². The molecule has 1 heterocycles. The van der Waals surface area contributed by atoms with Gasteiger partial charge in [0.2, 0.25) is 0 Å². The second-order valence-corrected chi connectivity index (χ2v) is 5.41. The standard InChI is InChI=1S/C14H11BrClNO3/c1-8-10(4-17-5-11(8)15)7-20-14-3-13(19)9(6-18)2-12(14)16/h2-6,19H,7H2,1H3. The molecule has 0 atom stereocenters. The van der Waals surface area contributed by atoms with Crippen LogP contribution in [0.25, 0.3) is 0 Å². The molecule has 0 spiro atoms. The molecule has 1 N–H and O–H groups in total. The highest BCUT2D eigenvalue weighted by Crippen LogP contribution is 2.32. The Labute approximate surface area is 129 Å². The Kier molecular flexibility index (Phi) is 4.62. The first-order chi connectivity index (χ1) is 9.52. The van der Waals surface area contributed by atoms with Crippen LogP contribution in [-0.4, -0.2) is 16.4 Å². The number of ether oxygens (including phenoxy) is 1. The molecule has 0 amide bonds. The maximum absolute atomic E-state index is 10.7. The molecule has 0 unspecified atom stereocenters. The van der Waals surface area contributed by atoms with E-state index in [2.05, 4.69) is 20.9 Å². The van der Waals surface area contributed by atoms with Crippen molar-refractivity contribution in [1.82, 2.24) is 4.98 Å². The van der Waals surface area contributed by atoms with Gasteiger partial charge in [0.25, 0.3) is 0 Å². The number of nitrogens with zero attached hydrogens (tertiary/aromatic N) is 1. The molecule has 20 heavy (non-hydrogen) atoms. The van der Waals surface area contributed by atoms with Crippen molar-refractivity contribution in [2.24, 2.45) is 0 Å². The van der Waals surface area contributed by atoms with Crippen LogP contribution < -0.4 is 4.74 Å². The fraction of sp³-hybridized carbons (Fsp3) is 0.143. The summed E-state index contributed by atoms with van der Waals surface area (Å²) in [6.07, 6.45) is 3.94. The summed E-state index contributed by atoms with van der Waals surface area (Å²) in [6, 6.07) is 2.69. The number of aldehydes is 1. The van der Waals surface area contributed by atoms with Crippen molar-refractivity contribution in [3.05, 3.63) is 50.7 Å². The van der Waals surface area contributed by atoms with Gasteiger partial charge < -0.3 is 9.84 Å². The van der Waals surface area contributed by atoms with Crippen molar-refractivity contribution in [3.63, 3.8) is 0 Å². The Morgan fingerprint density at radius 1 is 1.45 bits per heavy atom. The predicted molar refractivity (Wildman–Crippen MR) is 79.5 cm³/mol. The molecule has 1 aromatic heterocycles. The van der Waals surface area contributed by atoms with E-state index in [0.717, 1.165) is 15.6 Å². The fourth-order valence-electron chi connectivity index (χ4n) is 1.60. The lowest BCUT2D eigenvalue weighted by atomic mass is 10.2. The van der Waals surface area contributed by atoms with Crippen LogP contribution in [0, 0.1) is 6.92 Å². The lowest BCUT2D eigenvalue weighted by molar-refractivity contribution is 0.112. The molecule has 2 rings (SSSR count). The average molecular weight is 357 g/mol. The van der Waals surface area contributed by atoms with Gasteiger partial charge in [-0.2, -0.15) is 0 Å². The Morgan fingerprint density at radius 2 is 2.20 bits per heavy atom. The largest absolute Gasteiger partial charge is 0.507 e. The summed E-state index contributed by atoms with van der Waals surface area (Å²) in [7, 11) is 0. The Balaban J connectivity index is 2.21. The molecule has 0 aliphatic heterocycles. The fourth-order valence-corrected chi connectivity index (χ4v) is 2.20. The van der Waals surface area contributed by atoms with E-state index in [1.165, 1.54) is 12.1 Å². The minimum atomic E-state index is -0.163. The SMILES string of the molecule is Cc1c(Br)cncc1COc1cc(O)c(C=O)cc1Cl. The number of aromatic nitrogens is 1. The van der Waals surface area contributed by atoms with E-state index in [4.69, 9.17) is 16.3 Å². The molecule has 4 nitrogen and oxygen atoms in total. The van der Waals surface area contributed by atoms with Gasteiger partial charge in [0.05, 0.1) is 10.6 Å². The molecule has 6 heteroatoms. The summed E-state index contributed by atoms with van der Waals surface area (Å²) in [6.45, 7) is 2.21. The topological polar surface area (TPSA) is 59.4 Å². The number of aromatic hydroxyl groups is 1. The summed E-state index contributed by atoms with van der Waals surface area (Å²) in [5.41, 5.74) is 2.04. The van der Waals surface area contributed by atoms with Crippen molar-refractivity contribution in [2.45, 2.75) is 13.5 Å². The molecule has 0 aliphatic carbocycles. The number of hydrogen-bond acceptors (Lipinski definition) is 4. The summed E-state index contributed by atoms with van der Waals surface area (Å²) in [5.74, 6) is 0.151. The normalized spacial score (nSPS) is 10.3. The maximum Gasteiger partial charge on any atom is 0.153 e. The number of phenolic OH excluding ortho intramolecular Hbond substituents is 1. The van der Waals surface area contributed by atoms with Crippen LogP contribution >= 0.6 is 27.5 Å². The third-order valence-corrected chi connectivity index (χ3v) is 3.94. The number of halogens is 2. The van der Waals surface area contributed by atoms with Gasteiger partial charge in [-0.25, -0.2) is 0 Å². The molecule has 0 saturated carbocycles. The van der Waals surface area contributed by atoms with Gasteiger partial charge in [-0.1, -0.05) is 11.6 Å². The monoisotopic (exact) mass is 355 g/mol. The quantitative estimate of drug-likeness (QED) is 0.844. The van der Waals surface area contributed by atoms with Gasteiger partial charge in [0, 0.05) is 28.5 Å². The van der Waals surface area contributed by atoms with Gasteiger partial charge >= 0.3 is 0 Å². The minimum Gasteiger partial charge on any atom is -0.507 e. The molecule has 0 saturated heterocycles. The zero-order valence-corrected chi connectivity index (χ0v) is 12.9. The van der Waals surface area contributed by atoms with Crippen molar-refractivity contribution in [2.75, 3.05) is 0 Å². The van der Waals surface area contributed by atoms with Gasteiger partial charge in [-0.3, -0.25) is 9.78 Å². The van der Waals surface area contributed by atoms with Crippen LogP contribution in [0.1, 0.15) is 21.5 Å². The Hall–Kier alpha value is -1.59. The van der Waals surface area contributed by atoms with Gasteiger partial charge in [0.15, 0.2) is 6.29 Å². The Bertz CT molecular complexity index is 661. The van der Waals surface area contributed by atoms with E-state index in [0.29, 0.717) is 12.0 Å². The Morgan fingerprint density at radius 3 is 2.90 bits per heavy atom. The molecule has 104 valence electrons. The van der Waals surface area contributed by atoms with Crippen LogP contribution in [0.5, 0.6) is 11.5 Å². The molecular formula is C14H11BrClNO3. The number of pyridine rings is 1. The summed E-state index contributed by atoms with van der Waals surface area (Å²) < 4.78 is 6.46. The number of rotatable bonds is 4. The zero-order chi connectivity index (χ0) is 14.7. The predicted octanol–water partition coefficient (Wildman–Crippen LogP) is 3.90. The van der Waals surface area contributed by atoms with Gasteiger partial charge in [0.1, 0.15) is 18.1 Å². The molecule has 0 bridgehead atoms. The van der Waals surface area contributed by atoms with Crippen LogP contribution in [-0.2, 0) is 6.61 Å². The van der Waals surface area contributed by atoms with Crippen molar-refractivity contribution in [1.29, 1.82) is 0 Å². The second-order valence-electron chi connectivity index (χ2n) is 4.15. The molecule has 0 fully saturated rings. The van der Waals surface area contributed by atoms with Gasteiger partial charge in [-0.05, 0) is 34.5 Å². The summed E-state index contributed by atoms with van der Waals surface area (Å²) in [5, 5.41) is 9.89. The number of benzene rings is 1. The maximum atomic E-state index is 10.7. The van der Waals surface area contributed by atoms with E-state index in [9.17, 15) is 9.90 Å². The average Bonchev–Trinajstić information content (AvgIpc) is 2.43. The van der Waals surface area contributed by atoms with E-state index >= 15 is 0 Å².